The van der Waals surface area contributed by atoms with Gasteiger partial charge in [0.15, 0.2) is 0 Å². The van der Waals surface area contributed by atoms with Crippen LogP contribution in [-0.4, -0.2) is 260 Å². The first kappa shape index (κ1) is 93.8. The highest BCUT2D eigenvalue weighted by Crippen LogP contribution is 2.21. The van der Waals surface area contributed by atoms with Gasteiger partial charge >= 0.3 is 0 Å². The van der Waals surface area contributed by atoms with Gasteiger partial charge in [-0.15, -0.1) is 0 Å². The zero-order valence-corrected chi connectivity index (χ0v) is 65.8. The third-order valence-electron chi connectivity index (χ3n) is 14.5. The number of hydrogen-bond donors (Lipinski definition) is 0. The van der Waals surface area contributed by atoms with E-state index in [0.29, 0.717) is 6.04 Å². The number of nitrogens with zero attached hydrogens (tertiary/aromatic N) is 7. The van der Waals surface area contributed by atoms with Crippen LogP contribution in [0.25, 0.3) is 0 Å². The average molecular weight is 1260 g/mol. The van der Waals surface area contributed by atoms with Crippen LogP contribution in [0.1, 0.15) is 250 Å². The number of ether oxygens (including phenoxy) is 7. The van der Waals surface area contributed by atoms with E-state index in [-0.39, 0.29) is 39.2 Å². The summed E-state index contributed by atoms with van der Waals surface area (Å²) in [5.41, 5.74) is 0.140. The first-order chi connectivity index (χ1) is 40.3. The molecule has 88 heavy (non-hydrogen) atoms. The molecule has 3 atom stereocenters. The number of piperidine rings is 3. The largest absolute Gasteiger partial charge is 0.376 e. The first-order valence-electron chi connectivity index (χ1n) is 35.5. The summed E-state index contributed by atoms with van der Waals surface area (Å²) in [5, 5.41) is 0. The van der Waals surface area contributed by atoms with Crippen molar-refractivity contribution in [2.24, 2.45) is 11.8 Å². The molecular weight excluding hydrogens is 1100 g/mol. The van der Waals surface area contributed by atoms with Crippen molar-refractivity contribution in [3.8, 4) is 0 Å². The van der Waals surface area contributed by atoms with Crippen molar-refractivity contribution < 1.29 is 33.2 Å². The van der Waals surface area contributed by atoms with E-state index in [1.54, 1.807) is 0 Å². The van der Waals surface area contributed by atoms with Gasteiger partial charge in [-0.3, -0.25) is 0 Å². The molecule has 3 rings (SSSR count). The van der Waals surface area contributed by atoms with Gasteiger partial charge in [-0.25, -0.2) is 0 Å². The van der Waals surface area contributed by atoms with Crippen LogP contribution in [0.5, 0.6) is 0 Å². The molecule has 0 spiro atoms. The van der Waals surface area contributed by atoms with Crippen molar-refractivity contribution in [3.05, 3.63) is 0 Å². The van der Waals surface area contributed by atoms with E-state index in [2.05, 4.69) is 257 Å². The second-order valence-electron chi connectivity index (χ2n) is 32.7. The summed E-state index contributed by atoms with van der Waals surface area (Å²) in [7, 11) is 14.9. The maximum absolute atomic E-state index is 5.83. The van der Waals surface area contributed by atoms with Crippen molar-refractivity contribution in [2.45, 2.75) is 295 Å². The van der Waals surface area contributed by atoms with Gasteiger partial charge in [0, 0.05) is 58.6 Å². The summed E-state index contributed by atoms with van der Waals surface area (Å²) in [5.74, 6) is 1.50. The lowest BCUT2D eigenvalue weighted by molar-refractivity contribution is -0.0380. The number of likely N-dealkylation sites (tertiary alicyclic amines) is 3. The highest BCUT2D eigenvalue weighted by Gasteiger charge is 2.24. The predicted octanol–water partition coefficient (Wildman–Crippen LogP) is 15.5. The van der Waals surface area contributed by atoms with E-state index in [4.69, 9.17) is 33.2 Å². The summed E-state index contributed by atoms with van der Waals surface area (Å²) in [6.45, 7) is 74.7. The lowest BCUT2D eigenvalue weighted by Gasteiger charge is -2.34. The molecule has 14 nitrogen and oxygen atoms in total. The van der Waals surface area contributed by atoms with Crippen LogP contribution in [0.4, 0.5) is 0 Å². The van der Waals surface area contributed by atoms with Gasteiger partial charge in [0.1, 0.15) is 0 Å². The van der Waals surface area contributed by atoms with E-state index in [1.807, 2.05) is 0 Å². The number of likely N-dealkylation sites (N-methyl/N-ethyl adjacent to an activating group) is 1. The van der Waals surface area contributed by atoms with Gasteiger partial charge in [-0.05, 0) is 336 Å². The minimum atomic E-state index is 0.0122. The number of unbranched alkanes of at least 4 members (excludes halogenated alkanes) is 1. The second kappa shape index (κ2) is 51.7. The maximum Gasteiger partial charge on any atom is 0.0628 e. The van der Waals surface area contributed by atoms with Crippen LogP contribution in [0, 0.1) is 11.8 Å². The Balaban J connectivity index is -0.000000468. The molecule has 3 aliphatic rings. The van der Waals surface area contributed by atoms with E-state index >= 15 is 0 Å². The van der Waals surface area contributed by atoms with Gasteiger partial charge < -0.3 is 67.5 Å². The van der Waals surface area contributed by atoms with E-state index in [1.165, 1.54) is 90.6 Å². The Morgan fingerprint density at radius 3 is 1.11 bits per heavy atom. The molecule has 14 heteroatoms. The summed E-state index contributed by atoms with van der Waals surface area (Å²) >= 11 is 0. The Morgan fingerprint density at radius 1 is 0.364 bits per heavy atom. The molecule has 0 saturated carbocycles. The van der Waals surface area contributed by atoms with E-state index in [9.17, 15) is 0 Å². The monoisotopic (exact) mass is 1260 g/mol. The van der Waals surface area contributed by atoms with Crippen LogP contribution >= 0.6 is 0 Å². The fraction of sp³-hybridized carbons (Fsp3) is 1.00. The molecule has 0 aromatic carbocycles. The lowest BCUT2D eigenvalue weighted by atomic mass is 9.99. The molecule has 0 radical (unpaired) electrons. The van der Waals surface area contributed by atoms with E-state index in [0.717, 1.165) is 130 Å². The van der Waals surface area contributed by atoms with Crippen LogP contribution in [0.3, 0.4) is 0 Å². The Hall–Kier alpha value is -0.560. The second-order valence-corrected chi connectivity index (χ2v) is 32.7. The molecule has 0 aromatic rings. The molecule has 3 heterocycles. The van der Waals surface area contributed by atoms with Gasteiger partial charge in [-0.2, -0.15) is 0 Å². The molecule has 0 N–H and O–H groups in total. The highest BCUT2D eigenvalue weighted by molar-refractivity contribution is 4.76. The molecule has 3 unspecified atom stereocenters. The zero-order valence-electron chi connectivity index (χ0n) is 65.8. The molecule has 0 aliphatic carbocycles. The quantitative estimate of drug-likeness (QED) is 0.0732. The molecule has 3 fully saturated rings. The van der Waals surface area contributed by atoms with Crippen molar-refractivity contribution in [1.82, 2.24) is 34.3 Å². The van der Waals surface area contributed by atoms with Crippen LogP contribution in [0.2, 0.25) is 0 Å². The minimum Gasteiger partial charge on any atom is -0.376 e. The smallest absolute Gasteiger partial charge is 0.0628 e. The van der Waals surface area contributed by atoms with Crippen LogP contribution in [0.15, 0.2) is 0 Å². The molecule has 0 amide bonds. The van der Waals surface area contributed by atoms with Gasteiger partial charge in [-0.1, -0.05) is 34.1 Å². The Morgan fingerprint density at radius 2 is 0.739 bits per heavy atom. The maximum atomic E-state index is 5.83. The number of hydrogen-bond acceptors (Lipinski definition) is 14. The third kappa shape index (κ3) is 76.2. The molecule has 0 aromatic heterocycles. The van der Waals surface area contributed by atoms with E-state index < -0.39 is 0 Å². The topological polar surface area (TPSA) is 87.3 Å². The summed E-state index contributed by atoms with van der Waals surface area (Å²) in [6.07, 6.45) is 15.1. The fourth-order valence-corrected chi connectivity index (χ4v) is 9.17. The van der Waals surface area contributed by atoms with Gasteiger partial charge in [0.25, 0.3) is 0 Å². The molecule has 536 valence electrons. The SMILES string of the molecule is CCN(C)CCCOC(C)(C)C.CCN(CC)CCCOC(C)(C)C.CCN1CCCC(COC(C)(C)C)C1.CN(C)CCCCOC(C)(C)C.CN(C)CCCOC(C)(C)C.CN1CCCC(COC(C)(C)C)C1.CN1CCCCC1COC(C)(C)C. The highest BCUT2D eigenvalue weighted by atomic mass is 16.5. The molecular formula is C74H163N7O7. The normalized spacial score (nSPS) is 18.6. The summed E-state index contributed by atoms with van der Waals surface area (Å²) in [4.78, 5) is 16.5. The Bertz CT molecular complexity index is 1500. The third-order valence-corrected chi connectivity index (χ3v) is 14.5. The van der Waals surface area contributed by atoms with Crippen molar-refractivity contribution in [1.29, 1.82) is 0 Å². The Kier molecular flexibility index (Phi) is 55.2. The minimum absolute atomic E-state index is 0.0122. The molecule has 3 saturated heterocycles. The first-order valence-corrected chi connectivity index (χ1v) is 35.5. The fourth-order valence-electron chi connectivity index (χ4n) is 9.17. The van der Waals surface area contributed by atoms with Crippen molar-refractivity contribution >= 4 is 0 Å². The zero-order chi connectivity index (χ0) is 68.9. The van der Waals surface area contributed by atoms with Gasteiger partial charge in [0.05, 0.1) is 59.0 Å². The summed E-state index contributed by atoms with van der Waals surface area (Å²) in [6, 6.07) is 0.646. The van der Waals surface area contributed by atoms with Crippen LogP contribution in [-0.2, 0) is 33.2 Å². The number of rotatable bonds is 27. The Labute approximate surface area is 553 Å². The standard InChI is InChI=1S/C12H25NO.2C11H23NO.C11H25NO.2C10H23NO.C9H21NO/c1-5-13-8-6-7-11(9-13)10-14-12(2,3)4;1-11(2,3)13-9-10-6-5-7-12(4)8-10;1-11(2,3)13-9-10-7-5-6-8-12(10)4;1-6-12(7-2)9-8-10-13-11(3,4)5;1-10(2,3)12-9-7-6-8-11(4)5;1-6-11(5)8-7-9-12-10(2,3)4;1-9(2,3)11-8-6-7-10(4)5/h11H,5-10H2,1-4H3;2*10H,5-9H2,1-4H3;6-10H2,1-5H3;2*6-9H2,1-5H3;6-8H2,1-5H3. The van der Waals surface area contributed by atoms with Crippen molar-refractivity contribution in [3.63, 3.8) is 0 Å². The summed E-state index contributed by atoms with van der Waals surface area (Å²) < 4.78 is 39.8. The molecule has 0 bridgehead atoms. The van der Waals surface area contributed by atoms with Gasteiger partial charge in [0.2, 0.25) is 0 Å². The lowest BCUT2D eigenvalue weighted by Crippen LogP contribution is -2.41. The average Bonchev–Trinajstić information content (AvgIpc) is 3.53. The van der Waals surface area contributed by atoms with Crippen molar-refractivity contribution in [2.75, 3.05) is 181 Å². The molecule has 3 aliphatic heterocycles. The van der Waals surface area contributed by atoms with Crippen LogP contribution < -0.4 is 0 Å². The predicted molar refractivity (Wildman–Crippen MR) is 386 cm³/mol.